The minimum absolute atomic E-state index is 0.272. The Morgan fingerprint density at radius 2 is 1.80 bits per heavy atom. The molecule has 0 bridgehead atoms. The molecule has 0 fully saturated rings. The highest BCUT2D eigenvalue weighted by Crippen LogP contribution is 2.11. The molecule has 2 aromatic rings. The zero-order chi connectivity index (χ0) is 10.5. The van der Waals surface area contributed by atoms with Gasteiger partial charge < -0.3 is 5.11 Å². The van der Waals surface area contributed by atoms with Crippen molar-refractivity contribution in [2.24, 2.45) is 0 Å². The summed E-state index contributed by atoms with van der Waals surface area (Å²) in [6, 6.07) is 8.82. The van der Waals surface area contributed by atoms with E-state index in [0.29, 0.717) is 0 Å². The second-order valence-corrected chi connectivity index (χ2v) is 3.06. The topological polar surface area (TPSA) is 46.0 Å². The van der Waals surface area contributed by atoms with Crippen LogP contribution in [0.4, 0.5) is 0 Å². The smallest absolute Gasteiger partial charge is 0.115 e. The van der Waals surface area contributed by atoms with E-state index in [-0.39, 0.29) is 5.75 Å². The summed E-state index contributed by atoms with van der Waals surface area (Å²) in [5.74, 6) is 0.272. The van der Waals surface area contributed by atoms with Crippen molar-refractivity contribution < 1.29 is 5.11 Å². The van der Waals surface area contributed by atoms with Gasteiger partial charge in [-0.1, -0.05) is 18.2 Å². The SMILES string of the molecule is Oc1ccc(/C=C/c2ccncn2)cc1. The fraction of sp³-hybridized carbons (Fsp3) is 0. The molecule has 74 valence electrons. The summed E-state index contributed by atoms with van der Waals surface area (Å²) in [7, 11) is 0. The van der Waals surface area contributed by atoms with Crippen molar-refractivity contribution in [1.29, 1.82) is 0 Å². The van der Waals surface area contributed by atoms with Gasteiger partial charge in [-0.2, -0.15) is 0 Å². The Bertz CT molecular complexity index is 449. The lowest BCUT2D eigenvalue weighted by Gasteiger charge is -1.94. The first-order valence-corrected chi connectivity index (χ1v) is 4.58. The number of aromatic nitrogens is 2. The molecule has 0 aliphatic carbocycles. The molecular formula is C12H10N2O. The summed E-state index contributed by atoms with van der Waals surface area (Å²) in [4.78, 5) is 7.90. The maximum absolute atomic E-state index is 9.10. The van der Waals surface area contributed by atoms with Crippen LogP contribution in [-0.2, 0) is 0 Å². The van der Waals surface area contributed by atoms with Crippen molar-refractivity contribution in [2.75, 3.05) is 0 Å². The highest BCUT2D eigenvalue weighted by Gasteiger charge is 1.89. The van der Waals surface area contributed by atoms with E-state index in [0.717, 1.165) is 11.3 Å². The lowest BCUT2D eigenvalue weighted by atomic mass is 10.2. The maximum atomic E-state index is 9.10. The summed E-state index contributed by atoms with van der Waals surface area (Å²) in [6.07, 6.45) is 7.04. The predicted octanol–water partition coefficient (Wildman–Crippen LogP) is 2.35. The quantitative estimate of drug-likeness (QED) is 0.805. The molecule has 3 nitrogen and oxygen atoms in total. The number of benzene rings is 1. The number of nitrogens with zero attached hydrogens (tertiary/aromatic N) is 2. The van der Waals surface area contributed by atoms with Gasteiger partial charge in [0.15, 0.2) is 0 Å². The molecule has 1 aromatic carbocycles. The van der Waals surface area contributed by atoms with Gasteiger partial charge in [-0.25, -0.2) is 9.97 Å². The Balaban J connectivity index is 2.15. The van der Waals surface area contributed by atoms with Crippen molar-refractivity contribution in [3.63, 3.8) is 0 Å². The van der Waals surface area contributed by atoms with Crippen LogP contribution in [0.3, 0.4) is 0 Å². The Morgan fingerprint density at radius 1 is 1.00 bits per heavy atom. The standard InChI is InChI=1S/C12H10N2O/c15-12-5-2-10(3-6-12)1-4-11-7-8-13-9-14-11/h1-9,15H/b4-1+. The van der Waals surface area contributed by atoms with E-state index in [9.17, 15) is 0 Å². The fourth-order valence-corrected chi connectivity index (χ4v) is 1.17. The van der Waals surface area contributed by atoms with Gasteiger partial charge in [0.2, 0.25) is 0 Å². The fourth-order valence-electron chi connectivity index (χ4n) is 1.17. The number of phenols is 1. The molecule has 3 heteroatoms. The van der Waals surface area contributed by atoms with E-state index in [2.05, 4.69) is 9.97 Å². The van der Waals surface area contributed by atoms with Gasteiger partial charge in [0.05, 0.1) is 5.69 Å². The van der Waals surface area contributed by atoms with Gasteiger partial charge in [-0.3, -0.25) is 0 Å². The number of phenolic OH excluding ortho intramolecular Hbond substituents is 1. The molecule has 15 heavy (non-hydrogen) atoms. The molecule has 0 amide bonds. The third-order valence-corrected chi connectivity index (χ3v) is 1.94. The number of hydrogen-bond donors (Lipinski definition) is 1. The Morgan fingerprint density at radius 3 is 2.47 bits per heavy atom. The normalized spacial score (nSPS) is 10.7. The van der Waals surface area contributed by atoms with Crippen LogP contribution in [0.25, 0.3) is 12.2 Å². The van der Waals surface area contributed by atoms with E-state index in [1.165, 1.54) is 6.33 Å². The third kappa shape index (κ3) is 2.64. The van der Waals surface area contributed by atoms with Crippen molar-refractivity contribution in [1.82, 2.24) is 9.97 Å². The second-order valence-electron chi connectivity index (χ2n) is 3.06. The van der Waals surface area contributed by atoms with Crippen LogP contribution in [-0.4, -0.2) is 15.1 Å². The van der Waals surface area contributed by atoms with Gasteiger partial charge in [0, 0.05) is 6.20 Å². The molecule has 0 unspecified atom stereocenters. The summed E-state index contributed by atoms with van der Waals surface area (Å²) in [5, 5.41) is 9.10. The van der Waals surface area contributed by atoms with Crippen molar-refractivity contribution >= 4 is 12.2 Å². The van der Waals surface area contributed by atoms with Crippen molar-refractivity contribution in [3.05, 3.63) is 54.1 Å². The van der Waals surface area contributed by atoms with Crippen molar-refractivity contribution in [2.45, 2.75) is 0 Å². The van der Waals surface area contributed by atoms with Crippen LogP contribution in [0.2, 0.25) is 0 Å². The zero-order valence-corrected chi connectivity index (χ0v) is 8.04. The Kier molecular flexibility index (Phi) is 2.74. The van der Waals surface area contributed by atoms with Gasteiger partial charge in [0.1, 0.15) is 12.1 Å². The average molecular weight is 198 g/mol. The summed E-state index contributed by atoms with van der Waals surface area (Å²) in [6.45, 7) is 0. The molecule has 0 aliphatic heterocycles. The lowest BCUT2D eigenvalue weighted by Crippen LogP contribution is -1.79. The third-order valence-electron chi connectivity index (χ3n) is 1.94. The molecule has 0 saturated heterocycles. The van der Waals surface area contributed by atoms with Crippen LogP contribution < -0.4 is 0 Å². The van der Waals surface area contributed by atoms with Crippen molar-refractivity contribution in [3.8, 4) is 5.75 Å². The minimum Gasteiger partial charge on any atom is -0.508 e. The first-order chi connectivity index (χ1) is 7.34. The summed E-state index contributed by atoms with van der Waals surface area (Å²) >= 11 is 0. The maximum Gasteiger partial charge on any atom is 0.115 e. The highest BCUT2D eigenvalue weighted by atomic mass is 16.3. The van der Waals surface area contributed by atoms with Gasteiger partial charge in [-0.15, -0.1) is 0 Å². The molecule has 1 N–H and O–H groups in total. The van der Waals surface area contributed by atoms with Crippen LogP contribution in [0, 0.1) is 0 Å². The zero-order valence-electron chi connectivity index (χ0n) is 8.04. The van der Waals surface area contributed by atoms with E-state index in [1.807, 2.05) is 30.4 Å². The first kappa shape index (κ1) is 9.40. The van der Waals surface area contributed by atoms with Crippen LogP contribution in [0.15, 0.2) is 42.9 Å². The van der Waals surface area contributed by atoms with Gasteiger partial charge >= 0.3 is 0 Å². The molecular weight excluding hydrogens is 188 g/mol. The van der Waals surface area contributed by atoms with Crippen LogP contribution >= 0.6 is 0 Å². The molecule has 0 aliphatic rings. The van der Waals surface area contributed by atoms with E-state index in [4.69, 9.17) is 5.11 Å². The number of hydrogen-bond acceptors (Lipinski definition) is 3. The lowest BCUT2D eigenvalue weighted by molar-refractivity contribution is 0.475. The summed E-state index contributed by atoms with van der Waals surface area (Å²) < 4.78 is 0. The van der Waals surface area contributed by atoms with Crippen LogP contribution in [0.5, 0.6) is 5.75 Å². The highest BCUT2D eigenvalue weighted by molar-refractivity contribution is 5.67. The Labute approximate surface area is 87.8 Å². The number of rotatable bonds is 2. The predicted molar refractivity (Wildman–Crippen MR) is 59.1 cm³/mol. The van der Waals surface area contributed by atoms with Gasteiger partial charge in [-0.05, 0) is 29.8 Å². The molecule has 0 saturated carbocycles. The molecule has 1 heterocycles. The van der Waals surface area contributed by atoms with E-state index in [1.54, 1.807) is 18.3 Å². The minimum atomic E-state index is 0.272. The van der Waals surface area contributed by atoms with E-state index < -0.39 is 0 Å². The first-order valence-electron chi connectivity index (χ1n) is 4.58. The molecule has 0 spiro atoms. The monoisotopic (exact) mass is 198 g/mol. The number of aromatic hydroxyl groups is 1. The summed E-state index contributed by atoms with van der Waals surface area (Å²) in [5.41, 5.74) is 1.88. The molecule has 1 aromatic heterocycles. The average Bonchev–Trinajstić information content (AvgIpc) is 2.30. The van der Waals surface area contributed by atoms with Crippen LogP contribution in [0.1, 0.15) is 11.3 Å². The molecule has 2 rings (SSSR count). The van der Waals surface area contributed by atoms with E-state index >= 15 is 0 Å². The largest absolute Gasteiger partial charge is 0.508 e. The second kappa shape index (κ2) is 4.37. The Hall–Kier alpha value is -2.16. The molecule has 0 radical (unpaired) electrons. The molecule has 0 atom stereocenters. The van der Waals surface area contributed by atoms with Gasteiger partial charge in [0.25, 0.3) is 0 Å².